The van der Waals surface area contributed by atoms with Gasteiger partial charge in [0.2, 0.25) is 0 Å². The normalized spacial score (nSPS) is 9.73. The Morgan fingerprint density at radius 3 is 1.77 bits per heavy atom. The van der Waals surface area contributed by atoms with Gasteiger partial charge in [-0.15, -0.1) is 0 Å². The number of thiocarbonyl (C=S) groups is 2. The first kappa shape index (κ1) is 16.5. The Balaban J connectivity index is 1.85. The van der Waals surface area contributed by atoms with E-state index in [0.717, 1.165) is 17.1 Å². The summed E-state index contributed by atoms with van der Waals surface area (Å²) < 4.78 is 5.10. The molecule has 0 heterocycles. The van der Waals surface area contributed by atoms with Gasteiger partial charge >= 0.3 is 0 Å². The van der Waals surface area contributed by atoms with Crippen molar-refractivity contribution in [2.45, 2.75) is 0 Å². The Morgan fingerprint density at radius 2 is 1.32 bits per heavy atom. The molecule has 0 unspecified atom stereocenters. The highest BCUT2D eigenvalue weighted by Gasteiger charge is 2.02. The molecule has 2 aromatic carbocycles. The molecule has 0 saturated carbocycles. The SMILES string of the molecule is COc1ccc(NC(=S)NC(=S)Nc2ccc(Cl)cc2)cc1. The lowest BCUT2D eigenvalue weighted by Gasteiger charge is -2.13. The molecule has 4 nitrogen and oxygen atoms in total. The fourth-order valence-electron chi connectivity index (χ4n) is 1.64. The molecule has 0 aromatic heterocycles. The summed E-state index contributed by atoms with van der Waals surface area (Å²) in [5.41, 5.74) is 1.67. The predicted molar refractivity (Wildman–Crippen MR) is 100 cm³/mol. The van der Waals surface area contributed by atoms with E-state index in [-0.39, 0.29) is 0 Å². The molecule has 7 heteroatoms. The highest BCUT2D eigenvalue weighted by molar-refractivity contribution is 7.82. The number of rotatable bonds is 3. The topological polar surface area (TPSA) is 45.3 Å². The Kier molecular flexibility index (Phi) is 5.94. The highest BCUT2D eigenvalue weighted by atomic mass is 35.5. The van der Waals surface area contributed by atoms with Crippen molar-refractivity contribution in [2.75, 3.05) is 17.7 Å². The van der Waals surface area contributed by atoms with E-state index >= 15 is 0 Å². The lowest BCUT2D eigenvalue weighted by molar-refractivity contribution is 0.415. The molecule has 0 aliphatic carbocycles. The van der Waals surface area contributed by atoms with Crippen LogP contribution in [0.3, 0.4) is 0 Å². The monoisotopic (exact) mass is 351 g/mol. The fourth-order valence-corrected chi connectivity index (χ4v) is 2.27. The van der Waals surface area contributed by atoms with Crippen molar-refractivity contribution in [1.29, 1.82) is 0 Å². The van der Waals surface area contributed by atoms with Crippen LogP contribution in [0.25, 0.3) is 0 Å². The molecule has 0 amide bonds. The van der Waals surface area contributed by atoms with Gasteiger partial charge in [0.15, 0.2) is 10.2 Å². The average Bonchev–Trinajstić information content (AvgIpc) is 2.50. The van der Waals surface area contributed by atoms with E-state index in [0.29, 0.717) is 15.2 Å². The highest BCUT2D eigenvalue weighted by Crippen LogP contribution is 2.15. The van der Waals surface area contributed by atoms with Crippen molar-refractivity contribution >= 4 is 57.6 Å². The van der Waals surface area contributed by atoms with Gasteiger partial charge < -0.3 is 20.7 Å². The van der Waals surface area contributed by atoms with E-state index in [1.54, 1.807) is 19.2 Å². The van der Waals surface area contributed by atoms with Crippen LogP contribution in [0.15, 0.2) is 48.5 Å². The van der Waals surface area contributed by atoms with E-state index in [1.165, 1.54) is 0 Å². The van der Waals surface area contributed by atoms with Crippen molar-refractivity contribution < 1.29 is 4.74 Å². The van der Waals surface area contributed by atoms with Gasteiger partial charge in [-0.3, -0.25) is 0 Å². The van der Waals surface area contributed by atoms with Crippen LogP contribution in [0, 0.1) is 0 Å². The molecular formula is C15H14ClN3OS2. The quantitative estimate of drug-likeness (QED) is 0.726. The van der Waals surface area contributed by atoms with Crippen LogP contribution in [0.4, 0.5) is 11.4 Å². The third-order valence-electron chi connectivity index (χ3n) is 2.68. The Bertz CT molecular complexity index is 659. The molecule has 0 radical (unpaired) electrons. The van der Waals surface area contributed by atoms with Gasteiger partial charge in [0.1, 0.15) is 5.75 Å². The van der Waals surface area contributed by atoms with Crippen molar-refractivity contribution in [1.82, 2.24) is 5.32 Å². The Labute approximate surface area is 144 Å². The van der Waals surface area contributed by atoms with Crippen molar-refractivity contribution in [3.05, 3.63) is 53.6 Å². The standard InChI is InChI=1S/C15H14ClN3OS2/c1-20-13-8-6-12(7-9-13)18-15(22)19-14(21)17-11-4-2-10(16)3-5-11/h2-9H,1H3,(H3,17,18,19,21,22). The maximum Gasteiger partial charge on any atom is 0.177 e. The molecule has 0 atom stereocenters. The summed E-state index contributed by atoms with van der Waals surface area (Å²) in [6, 6.07) is 14.6. The number of ether oxygens (including phenoxy) is 1. The van der Waals surface area contributed by atoms with Crippen LogP contribution in [0.2, 0.25) is 5.02 Å². The maximum absolute atomic E-state index is 5.83. The minimum absolute atomic E-state index is 0.397. The zero-order valence-electron chi connectivity index (χ0n) is 11.7. The van der Waals surface area contributed by atoms with Crippen LogP contribution in [0.5, 0.6) is 5.75 Å². The lowest BCUT2D eigenvalue weighted by atomic mass is 10.3. The van der Waals surface area contributed by atoms with E-state index < -0.39 is 0 Å². The first-order valence-electron chi connectivity index (χ1n) is 6.35. The molecule has 2 aromatic rings. The van der Waals surface area contributed by atoms with Gasteiger partial charge in [-0.1, -0.05) is 11.6 Å². The number of nitrogens with one attached hydrogen (secondary N) is 3. The molecular weight excluding hydrogens is 338 g/mol. The molecule has 0 aliphatic heterocycles. The van der Waals surface area contributed by atoms with E-state index in [9.17, 15) is 0 Å². The number of halogens is 1. The second-order valence-corrected chi connectivity index (χ2v) is 5.52. The molecule has 22 heavy (non-hydrogen) atoms. The number of hydrogen-bond acceptors (Lipinski definition) is 3. The predicted octanol–water partition coefficient (Wildman–Crippen LogP) is 4.03. The van der Waals surface area contributed by atoms with Gasteiger partial charge in [-0.25, -0.2) is 0 Å². The van der Waals surface area contributed by atoms with E-state index in [4.69, 9.17) is 40.8 Å². The number of anilines is 2. The molecule has 2 rings (SSSR count). The van der Waals surface area contributed by atoms with Crippen molar-refractivity contribution in [3.8, 4) is 5.75 Å². The second-order valence-electron chi connectivity index (χ2n) is 4.27. The first-order valence-corrected chi connectivity index (χ1v) is 7.55. The third kappa shape index (κ3) is 5.14. The molecule has 0 saturated heterocycles. The third-order valence-corrected chi connectivity index (χ3v) is 3.34. The minimum Gasteiger partial charge on any atom is -0.497 e. The summed E-state index contributed by atoms with van der Waals surface area (Å²) in [6.07, 6.45) is 0. The largest absolute Gasteiger partial charge is 0.497 e. The molecule has 0 bridgehead atoms. The summed E-state index contributed by atoms with van der Waals surface area (Å²) in [4.78, 5) is 0. The molecule has 0 spiro atoms. The van der Waals surface area contributed by atoms with Gasteiger partial charge in [0.25, 0.3) is 0 Å². The number of hydrogen-bond donors (Lipinski definition) is 3. The van der Waals surface area contributed by atoms with E-state index in [1.807, 2.05) is 36.4 Å². The average molecular weight is 352 g/mol. The summed E-state index contributed by atoms with van der Waals surface area (Å²) in [7, 11) is 1.62. The maximum atomic E-state index is 5.83. The molecule has 114 valence electrons. The molecule has 3 N–H and O–H groups in total. The zero-order chi connectivity index (χ0) is 15.9. The second kappa shape index (κ2) is 7.93. The van der Waals surface area contributed by atoms with Crippen molar-refractivity contribution in [3.63, 3.8) is 0 Å². The summed E-state index contributed by atoms with van der Waals surface area (Å²) in [6.45, 7) is 0. The smallest absolute Gasteiger partial charge is 0.177 e. The van der Waals surface area contributed by atoms with Gasteiger partial charge in [0.05, 0.1) is 7.11 Å². The summed E-state index contributed by atoms with van der Waals surface area (Å²) >= 11 is 16.2. The minimum atomic E-state index is 0.397. The number of methoxy groups -OCH3 is 1. The molecule has 0 fully saturated rings. The Hall–Kier alpha value is -1.89. The lowest BCUT2D eigenvalue weighted by Crippen LogP contribution is -2.37. The van der Waals surface area contributed by atoms with Crippen LogP contribution < -0.4 is 20.7 Å². The summed E-state index contributed by atoms with van der Waals surface area (Å²) in [5, 5.41) is 10.4. The van der Waals surface area contributed by atoms with Crippen LogP contribution in [0.1, 0.15) is 0 Å². The van der Waals surface area contributed by atoms with Crippen molar-refractivity contribution in [2.24, 2.45) is 0 Å². The summed E-state index contributed by atoms with van der Waals surface area (Å²) in [5.74, 6) is 0.782. The fraction of sp³-hybridized carbons (Fsp3) is 0.0667. The Morgan fingerprint density at radius 1 is 0.864 bits per heavy atom. The van der Waals surface area contributed by atoms with Crippen LogP contribution in [-0.4, -0.2) is 17.3 Å². The van der Waals surface area contributed by atoms with Crippen LogP contribution in [-0.2, 0) is 0 Å². The van der Waals surface area contributed by atoms with Gasteiger partial charge in [-0.05, 0) is 73.0 Å². The van der Waals surface area contributed by atoms with E-state index in [2.05, 4.69) is 16.0 Å². The first-order chi connectivity index (χ1) is 10.6. The molecule has 0 aliphatic rings. The van der Waals surface area contributed by atoms with Gasteiger partial charge in [0, 0.05) is 16.4 Å². The van der Waals surface area contributed by atoms with Crippen LogP contribution >= 0.6 is 36.0 Å². The number of benzene rings is 2. The van der Waals surface area contributed by atoms with Gasteiger partial charge in [-0.2, -0.15) is 0 Å². The zero-order valence-corrected chi connectivity index (χ0v) is 14.1.